The Bertz CT molecular complexity index is 408. The zero-order valence-electron chi connectivity index (χ0n) is 13.4. The van der Waals surface area contributed by atoms with Crippen LogP contribution < -0.4 is 14.8 Å². The first-order valence-corrected chi connectivity index (χ1v) is 7.06. The molecule has 0 spiro atoms. The van der Waals surface area contributed by atoms with Crippen LogP contribution in [0.15, 0.2) is 18.2 Å². The molecular formula is C16H27NO3. The molecule has 0 saturated heterocycles. The van der Waals surface area contributed by atoms with Crippen molar-refractivity contribution in [1.82, 2.24) is 5.32 Å². The lowest BCUT2D eigenvalue weighted by atomic mass is 9.83. The molecule has 0 fully saturated rings. The van der Waals surface area contributed by atoms with Crippen LogP contribution in [0, 0.1) is 0 Å². The molecule has 1 aromatic carbocycles. The second-order valence-electron chi connectivity index (χ2n) is 4.81. The summed E-state index contributed by atoms with van der Waals surface area (Å²) in [6.45, 7) is 4.29. The highest BCUT2D eigenvalue weighted by molar-refractivity contribution is 5.43. The van der Waals surface area contributed by atoms with Crippen LogP contribution in [0.25, 0.3) is 0 Å². The fourth-order valence-corrected chi connectivity index (χ4v) is 2.83. The van der Waals surface area contributed by atoms with Crippen molar-refractivity contribution in [2.75, 3.05) is 28.4 Å². The average Bonchev–Trinajstić information content (AvgIpc) is 2.52. The van der Waals surface area contributed by atoms with Crippen molar-refractivity contribution < 1.29 is 14.2 Å². The Balaban J connectivity index is 3.35. The van der Waals surface area contributed by atoms with Gasteiger partial charge in [-0.25, -0.2) is 0 Å². The van der Waals surface area contributed by atoms with Crippen LogP contribution in [0.1, 0.15) is 38.3 Å². The van der Waals surface area contributed by atoms with E-state index < -0.39 is 0 Å². The fraction of sp³-hybridized carbons (Fsp3) is 0.625. The summed E-state index contributed by atoms with van der Waals surface area (Å²) in [6, 6.07) is 5.89. The first-order valence-electron chi connectivity index (χ1n) is 7.06. The van der Waals surface area contributed by atoms with Crippen LogP contribution in [0.4, 0.5) is 0 Å². The molecule has 0 aliphatic carbocycles. The molecule has 0 aromatic heterocycles. The number of hydrogen-bond donors (Lipinski definition) is 1. The second-order valence-corrected chi connectivity index (χ2v) is 4.81. The molecular weight excluding hydrogens is 254 g/mol. The minimum Gasteiger partial charge on any atom is -0.497 e. The summed E-state index contributed by atoms with van der Waals surface area (Å²) in [7, 11) is 7.07. The van der Waals surface area contributed by atoms with Gasteiger partial charge in [-0.2, -0.15) is 0 Å². The van der Waals surface area contributed by atoms with Crippen LogP contribution in [-0.2, 0) is 4.74 Å². The van der Waals surface area contributed by atoms with Crippen molar-refractivity contribution in [2.24, 2.45) is 0 Å². The molecule has 1 aromatic rings. The SMILES string of the molecule is CCC(CC)(OC)C(NC)c1cc(OC)ccc1OC. The molecule has 1 rings (SSSR count). The van der Waals surface area contributed by atoms with Crippen LogP contribution in [0.2, 0.25) is 0 Å². The predicted molar refractivity (Wildman–Crippen MR) is 81.7 cm³/mol. The first-order chi connectivity index (χ1) is 9.62. The third-order valence-corrected chi connectivity index (χ3v) is 4.17. The van der Waals surface area contributed by atoms with Crippen molar-refractivity contribution in [3.63, 3.8) is 0 Å². The van der Waals surface area contributed by atoms with Gasteiger partial charge in [-0.3, -0.25) is 0 Å². The Hall–Kier alpha value is -1.26. The van der Waals surface area contributed by atoms with Crippen LogP contribution in [0.3, 0.4) is 0 Å². The van der Waals surface area contributed by atoms with Gasteiger partial charge < -0.3 is 19.5 Å². The third kappa shape index (κ3) is 3.07. The molecule has 1 unspecified atom stereocenters. The van der Waals surface area contributed by atoms with Crippen molar-refractivity contribution in [3.8, 4) is 11.5 Å². The summed E-state index contributed by atoms with van der Waals surface area (Å²) >= 11 is 0. The highest BCUT2D eigenvalue weighted by Crippen LogP contribution is 2.40. The molecule has 4 heteroatoms. The zero-order valence-corrected chi connectivity index (χ0v) is 13.4. The van der Waals surface area contributed by atoms with Gasteiger partial charge in [0, 0.05) is 12.7 Å². The van der Waals surface area contributed by atoms with E-state index in [4.69, 9.17) is 14.2 Å². The van der Waals surface area contributed by atoms with Gasteiger partial charge in [0.15, 0.2) is 0 Å². The molecule has 0 aliphatic heterocycles. The molecule has 0 bridgehead atoms. The lowest BCUT2D eigenvalue weighted by Crippen LogP contribution is -2.43. The van der Waals surface area contributed by atoms with Gasteiger partial charge in [0.1, 0.15) is 11.5 Å². The molecule has 0 aliphatic rings. The lowest BCUT2D eigenvalue weighted by Gasteiger charge is -2.39. The summed E-state index contributed by atoms with van der Waals surface area (Å²) in [5, 5.41) is 3.38. The van der Waals surface area contributed by atoms with E-state index in [2.05, 4.69) is 19.2 Å². The summed E-state index contributed by atoms with van der Waals surface area (Å²) in [5.41, 5.74) is 0.786. The second kappa shape index (κ2) is 7.50. The number of likely N-dealkylation sites (N-methyl/N-ethyl adjacent to an activating group) is 1. The predicted octanol–water partition coefficient (Wildman–Crippen LogP) is 3.17. The molecule has 20 heavy (non-hydrogen) atoms. The topological polar surface area (TPSA) is 39.7 Å². The van der Waals surface area contributed by atoms with E-state index in [9.17, 15) is 0 Å². The van der Waals surface area contributed by atoms with Crippen molar-refractivity contribution in [2.45, 2.75) is 38.3 Å². The first kappa shape index (κ1) is 16.8. The van der Waals surface area contributed by atoms with Gasteiger partial charge >= 0.3 is 0 Å². The third-order valence-electron chi connectivity index (χ3n) is 4.17. The number of nitrogens with one attached hydrogen (secondary N) is 1. The molecule has 0 amide bonds. The lowest BCUT2D eigenvalue weighted by molar-refractivity contribution is -0.0472. The Kier molecular flexibility index (Phi) is 6.30. The van der Waals surface area contributed by atoms with Crippen molar-refractivity contribution >= 4 is 0 Å². The largest absolute Gasteiger partial charge is 0.497 e. The number of benzene rings is 1. The van der Waals surface area contributed by atoms with E-state index in [1.54, 1.807) is 21.3 Å². The van der Waals surface area contributed by atoms with E-state index in [0.29, 0.717) is 0 Å². The number of rotatable bonds is 8. The van der Waals surface area contributed by atoms with Crippen LogP contribution in [0.5, 0.6) is 11.5 Å². The number of ether oxygens (including phenoxy) is 3. The van der Waals surface area contributed by atoms with Crippen molar-refractivity contribution in [3.05, 3.63) is 23.8 Å². The maximum Gasteiger partial charge on any atom is 0.124 e. The van der Waals surface area contributed by atoms with Crippen molar-refractivity contribution in [1.29, 1.82) is 0 Å². The monoisotopic (exact) mass is 281 g/mol. The molecule has 4 nitrogen and oxygen atoms in total. The molecule has 0 heterocycles. The summed E-state index contributed by atoms with van der Waals surface area (Å²) < 4.78 is 16.7. The fourth-order valence-electron chi connectivity index (χ4n) is 2.83. The Morgan fingerprint density at radius 2 is 1.75 bits per heavy atom. The zero-order chi connectivity index (χ0) is 15.2. The van der Waals surface area contributed by atoms with Gasteiger partial charge in [-0.1, -0.05) is 13.8 Å². The number of hydrogen-bond acceptors (Lipinski definition) is 4. The summed E-state index contributed by atoms with van der Waals surface area (Å²) in [6.07, 6.45) is 1.82. The molecule has 0 saturated carbocycles. The highest BCUT2D eigenvalue weighted by Gasteiger charge is 2.37. The Labute approximate surface area is 122 Å². The Morgan fingerprint density at radius 3 is 2.15 bits per heavy atom. The summed E-state index contributed by atoms with van der Waals surface area (Å²) in [4.78, 5) is 0. The number of methoxy groups -OCH3 is 3. The van der Waals surface area contributed by atoms with Crippen LogP contribution in [-0.4, -0.2) is 34.0 Å². The standard InChI is InChI=1S/C16H27NO3/c1-7-16(8-2,20-6)15(17-3)13-11-12(18-4)9-10-14(13)19-5/h9-11,15,17H,7-8H2,1-6H3. The molecule has 1 N–H and O–H groups in total. The van der Waals surface area contributed by atoms with E-state index in [1.807, 2.05) is 25.2 Å². The minimum absolute atomic E-state index is 0.0348. The van der Waals surface area contributed by atoms with Gasteiger partial charge in [0.25, 0.3) is 0 Å². The van der Waals surface area contributed by atoms with E-state index in [0.717, 1.165) is 29.9 Å². The minimum atomic E-state index is -0.269. The van der Waals surface area contributed by atoms with Gasteiger partial charge in [-0.05, 0) is 38.1 Å². The Morgan fingerprint density at radius 1 is 1.10 bits per heavy atom. The van der Waals surface area contributed by atoms with Gasteiger partial charge in [0.05, 0.1) is 25.9 Å². The quantitative estimate of drug-likeness (QED) is 0.794. The molecule has 114 valence electrons. The van der Waals surface area contributed by atoms with Gasteiger partial charge in [0.2, 0.25) is 0 Å². The smallest absolute Gasteiger partial charge is 0.124 e. The highest BCUT2D eigenvalue weighted by atomic mass is 16.5. The van der Waals surface area contributed by atoms with E-state index >= 15 is 0 Å². The van der Waals surface area contributed by atoms with Gasteiger partial charge in [-0.15, -0.1) is 0 Å². The van der Waals surface area contributed by atoms with E-state index in [1.165, 1.54) is 0 Å². The maximum absolute atomic E-state index is 5.86. The molecule has 1 atom stereocenters. The van der Waals surface area contributed by atoms with E-state index in [-0.39, 0.29) is 11.6 Å². The molecule has 0 radical (unpaired) electrons. The average molecular weight is 281 g/mol. The summed E-state index contributed by atoms with van der Waals surface area (Å²) in [5.74, 6) is 1.66. The van der Waals surface area contributed by atoms with Crippen LogP contribution >= 0.6 is 0 Å². The normalized spacial score (nSPS) is 13.1. The maximum atomic E-state index is 5.86.